The van der Waals surface area contributed by atoms with Gasteiger partial charge in [-0.25, -0.2) is 9.78 Å². The number of aryl methyl sites for hydroxylation is 1. The van der Waals surface area contributed by atoms with Gasteiger partial charge in [0.15, 0.2) is 0 Å². The van der Waals surface area contributed by atoms with E-state index < -0.39 is 31.6 Å². The molecule has 224 valence electrons. The molecule has 1 atom stereocenters. The number of ether oxygens (including phenoxy) is 2. The lowest BCUT2D eigenvalue weighted by atomic mass is 9.87. The summed E-state index contributed by atoms with van der Waals surface area (Å²) >= 11 is 1.17. The van der Waals surface area contributed by atoms with Gasteiger partial charge in [0.2, 0.25) is 0 Å². The number of carbonyl (C=O) groups is 1. The van der Waals surface area contributed by atoms with Crippen molar-refractivity contribution in [3.63, 3.8) is 0 Å². The summed E-state index contributed by atoms with van der Waals surface area (Å²) in [5.41, 5.74) is -1.60. The first-order valence-corrected chi connectivity index (χ1v) is 16.1. The summed E-state index contributed by atoms with van der Waals surface area (Å²) in [7, 11) is -4.79. The first-order chi connectivity index (χ1) is 19.5. The number of alkyl halides is 2. The molecule has 3 aromatic rings. The van der Waals surface area contributed by atoms with Gasteiger partial charge >= 0.3 is 19.2 Å². The summed E-state index contributed by atoms with van der Waals surface area (Å²) in [5.74, 6) is -0.791. The van der Waals surface area contributed by atoms with Crippen molar-refractivity contribution >= 4 is 24.9 Å². The second kappa shape index (κ2) is 14.5. The van der Waals surface area contributed by atoms with Gasteiger partial charge in [0.25, 0.3) is 0 Å². The molecule has 0 radical (unpaired) electrons. The summed E-state index contributed by atoms with van der Waals surface area (Å²) in [6, 6.07) is 14.1. The van der Waals surface area contributed by atoms with Crippen LogP contribution in [0.3, 0.4) is 0 Å². The van der Waals surface area contributed by atoms with Crippen LogP contribution in [0.4, 0.5) is 8.78 Å². The lowest BCUT2D eigenvalue weighted by Gasteiger charge is -2.30. The normalized spacial score (nSPS) is 12.9. The third-order valence-electron chi connectivity index (χ3n) is 6.11. The van der Waals surface area contributed by atoms with Crippen LogP contribution in [0.25, 0.3) is 10.6 Å². The van der Waals surface area contributed by atoms with Crippen LogP contribution in [0.2, 0.25) is 0 Å². The molecule has 0 saturated heterocycles. The molecule has 1 unspecified atom stereocenters. The Balaban J connectivity index is 2.19. The molecule has 1 aromatic heterocycles. The van der Waals surface area contributed by atoms with Crippen molar-refractivity contribution < 1.29 is 36.7 Å². The maximum absolute atomic E-state index is 15.9. The molecule has 1 heterocycles. The fraction of sp³-hybridized carbons (Fsp3) is 0.467. The first kappa shape index (κ1) is 32.9. The Kier molecular flexibility index (Phi) is 11.6. The SMILES string of the molecule is CCOC(=O)c1sc(-c2ccc(OCC(C)C)c(C(CC(F)(F)P(=O)(OCC)OCC)c3ccccc3)c2)nc1C. The highest BCUT2D eigenvalue weighted by Gasteiger charge is 2.54. The predicted molar refractivity (Wildman–Crippen MR) is 157 cm³/mol. The van der Waals surface area contributed by atoms with Gasteiger partial charge in [-0.3, -0.25) is 4.57 Å². The molecule has 0 saturated carbocycles. The molecular formula is C30H38F2NO6PS. The van der Waals surface area contributed by atoms with E-state index in [-0.39, 0.29) is 25.7 Å². The molecule has 7 nitrogen and oxygen atoms in total. The van der Waals surface area contributed by atoms with Crippen molar-refractivity contribution in [2.45, 2.75) is 59.5 Å². The average Bonchev–Trinajstić information content (AvgIpc) is 3.33. The zero-order valence-electron chi connectivity index (χ0n) is 24.3. The van der Waals surface area contributed by atoms with Crippen LogP contribution < -0.4 is 4.74 Å². The number of aromatic nitrogens is 1. The fourth-order valence-electron chi connectivity index (χ4n) is 4.26. The minimum atomic E-state index is -4.79. The second-order valence-corrected chi connectivity index (χ2v) is 12.9. The van der Waals surface area contributed by atoms with Crippen LogP contribution in [-0.2, 0) is 18.3 Å². The van der Waals surface area contributed by atoms with Gasteiger partial charge in [-0.15, -0.1) is 11.3 Å². The van der Waals surface area contributed by atoms with E-state index in [1.54, 1.807) is 62.4 Å². The zero-order valence-corrected chi connectivity index (χ0v) is 26.0. The lowest BCUT2D eigenvalue weighted by Crippen LogP contribution is -2.24. The molecule has 41 heavy (non-hydrogen) atoms. The summed E-state index contributed by atoms with van der Waals surface area (Å²) in [4.78, 5) is 17.4. The lowest BCUT2D eigenvalue weighted by molar-refractivity contribution is 0.0281. The molecule has 0 amide bonds. The molecule has 0 aliphatic heterocycles. The summed E-state index contributed by atoms with van der Waals surface area (Å²) < 4.78 is 66.6. The van der Waals surface area contributed by atoms with Crippen LogP contribution in [0.1, 0.15) is 73.4 Å². The summed E-state index contributed by atoms with van der Waals surface area (Å²) in [5, 5.41) is 0.537. The van der Waals surface area contributed by atoms with E-state index in [1.165, 1.54) is 25.2 Å². The van der Waals surface area contributed by atoms with Crippen molar-refractivity contribution in [2.24, 2.45) is 5.92 Å². The van der Waals surface area contributed by atoms with Crippen LogP contribution in [-0.4, -0.2) is 43.0 Å². The quantitative estimate of drug-likeness (QED) is 0.126. The smallest absolute Gasteiger partial charge is 0.399 e. The number of carbonyl (C=O) groups excluding carboxylic acids is 1. The molecule has 0 fully saturated rings. The average molecular weight is 610 g/mol. The van der Waals surface area contributed by atoms with E-state index in [1.807, 2.05) is 13.8 Å². The predicted octanol–water partition coefficient (Wildman–Crippen LogP) is 8.71. The van der Waals surface area contributed by atoms with E-state index in [4.69, 9.17) is 18.5 Å². The highest BCUT2D eigenvalue weighted by Crippen LogP contribution is 2.65. The molecule has 0 N–H and O–H groups in total. The van der Waals surface area contributed by atoms with Crippen LogP contribution in [0.15, 0.2) is 48.5 Å². The highest BCUT2D eigenvalue weighted by molar-refractivity contribution is 7.55. The number of hydrogen-bond acceptors (Lipinski definition) is 8. The minimum absolute atomic E-state index is 0.184. The number of hydrogen-bond donors (Lipinski definition) is 0. The van der Waals surface area contributed by atoms with Gasteiger partial charge in [-0.2, -0.15) is 8.78 Å². The van der Waals surface area contributed by atoms with Gasteiger partial charge in [0.05, 0.1) is 32.1 Å². The molecule has 0 spiro atoms. The monoisotopic (exact) mass is 609 g/mol. The minimum Gasteiger partial charge on any atom is -0.493 e. The van der Waals surface area contributed by atoms with Crippen molar-refractivity contribution in [1.82, 2.24) is 4.98 Å². The summed E-state index contributed by atoms with van der Waals surface area (Å²) in [6.07, 6.45) is -0.846. The second-order valence-electron chi connectivity index (χ2n) is 9.78. The Morgan fingerprint density at radius 2 is 1.68 bits per heavy atom. The fourth-order valence-corrected chi connectivity index (χ4v) is 6.76. The maximum atomic E-state index is 15.9. The van der Waals surface area contributed by atoms with Crippen molar-refractivity contribution in [3.8, 4) is 16.3 Å². The van der Waals surface area contributed by atoms with Crippen LogP contribution >= 0.6 is 18.9 Å². The Morgan fingerprint density at radius 1 is 1.02 bits per heavy atom. The first-order valence-electron chi connectivity index (χ1n) is 13.7. The third-order valence-corrected chi connectivity index (χ3v) is 9.48. The number of rotatable bonds is 15. The van der Waals surface area contributed by atoms with Crippen molar-refractivity contribution in [1.29, 1.82) is 0 Å². The Bertz CT molecular complexity index is 1340. The molecule has 11 heteroatoms. The highest BCUT2D eigenvalue weighted by atomic mass is 32.1. The van der Waals surface area contributed by atoms with Gasteiger partial charge in [0, 0.05) is 23.5 Å². The molecular weight excluding hydrogens is 571 g/mol. The number of nitrogens with zero attached hydrogens (tertiary/aromatic N) is 1. The maximum Gasteiger partial charge on any atom is 0.399 e. The van der Waals surface area contributed by atoms with E-state index in [0.717, 1.165) is 0 Å². The van der Waals surface area contributed by atoms with E-state index in [0.29, 0.717) is 44.6 Å². The zero-order chi connectivity index (χ0) is 30.2. The van der Waals surface area contributed by atoms with Crippen molar-refractivity contribution in [2.75, 3.05) is 26.4 Å². The molecule has 0 aliphatic carbocycles. The van der Waals surface area contributed by atoms with Crippen LogP contribution in [0.5, 0.6) is 5.75 Å². The van der Waals surface area contributed by atoms with Crippen LogP contribution in [0, 0.1) is 12.8 Å². The molecule has 2 aromatic carbocycles. The topological polar surface area (TPSA) is 84.0 Å². The molecule has 3 rings (SSSR count). The third kappa shape index (κ3) is 8.01. The van der Waals surface area contributed by atoms with Gasteiger partial charge in [-0.1, -0.05) is 44.2 Å². The van der Waals surface area contributed by atoms with Crippen molar-refractivity contribution in [3.05, 3.63) is 70.2 Å². The van der Waals surface area contributed by atoms with E-state index in [2.05, 4.69) is 4.98 Å². The number of esters is 1. The number of thiazole rings is 1. The number of halogens is 2. The molecule has 0 aliphatic rings. The number of benzene rings is 2. The largest absolute Gasteiger partial charge is 0.493 e. The van der Waals surface area contributed by atoms with E-state index in [9.17, 15) is 9.36 Å². The standard InChI is InChI=1S/C30H38F2NO6PS/c1-7-36-29(34)27-21(6)33-28(41-27)23-15-16-26(37-19-20(4)5)24(17-23)25(22-13-11-10-12-14-22)18-30(31,32)40(35,38-8-2)39-9-3/h10-17,20,25H,7-9,18-19H2,1-6H3. The van der Waals surface area contributed by atoms with Gasteiger partial charge in [0.1, 0.15) is 15.6 Å². The Labute approximate surface area is 244 Å². The van der Waals surface area contributed by atoms with Gasteiger partial charge < -0.3 is 18.5 Å². The van der Waals surface area contributed by atoms with Gasteiger partial charge in [-0.05, 0) is 57.4 Å². The molecule has 0 bridgehead atoms. The van der Waals surface area contributed by atoms with E-state index >= 15 is 8.78 Å². The summed E-state index contributed by atoms with van der Waals surface area (Å²) in [6.45, 7) is 10.7. The Morgan fingerprint density at radius 3 is 2.27 bits per heavy atom. The Hall–Kier alpha value is -2.65.